The van der Waals surface area contributed by atoms with Crippen molar-refractivity contribution in [2.45, 2.75) is 19.8 Å². The second-order valence-corrected chi connectivity index (χ2v) is 7.15. The molecule has 7 heteroatoms. The Balaban J connectivity index is 2.83. The van der Waals surface area contributed by atoms with Gasteiger partial charge in [-0.2, -0.15) is 0 Å². The topological polar surface area (TPSA) is 66.5 Å². The molecule has 1 N–H and O–H groups in total. The van der Waals surface area contributed by atoms with Crippen molar-refractivity contribution in [2.24, 2.45) is 0 Å². The Morgan fingerprint density at radius 1 is 1.35 bits per heavy atom. The number of hydrogen-bond donors (Lipinski definition) is 1. The smallest absolute Gasteiger partial charge is 0.232 e. The predicted molar refractivity (Wildman–Crippen MR) is 84.2 cm³/mol. The number of carbonyl (C=O) groups excluding carboxylic acids is 1. The molecule has 20 heavy (non-hydrogen) atoms. The summed E-state index contributed by atoms with van der Waals surface area (Å²) in [4.78, 5) is 11.6. The highest BCUT2D eigenvalue weighted by atomic mass is 79.9. The Morgan fingerprint density at radius 2 is 2.00 bits per heavy atom. The number of hydrogen-bond acceptors (Lipinski definition) is 3. The molecule has 0 radical (unpaired) electrons. The minimum Gasteiger partial charge on any atom is -0.356 e. The zero-order chi connectivity index (χ0) is 15.2. The maximum Gasteiger partial charge on any atom is 0.232 e. The van der Waals surface area contributed by atoms with Gasteiger partial charge in [-0.1, -0.05) is 19.1 Å². The summed E-state index contributed by atoms with van der Waals surface area (Å²) in [6.45, 7) is 2.69. The molecule has 0 aliphatic rings. The summed E-state index contributed by atoms with van der Waals surface area (Å²) in [5.41, 5.74) is 0.540. The average molecular weight is 363 g/mol. The van der Waals surface area contributed by atoms with E-state index in [1.54, 1.807) is 18.2 Å². The molecule has 0 unspecified atom stereocenters. The van der Waals surface area contributed by atoms with Crippen molar-refractivity contribution in [1.29, 1.82) is 0 Å². The monoisotopic (exact) mass is 362 g/mol. The van der Waals surface area contributed by atoms with Crippen LogP contribution in [0.1, 0.15) is 19.8 Å². The van der Waals surface area contributed by atoms with Crippen LogP contribution in [0.25, 0.3) is 0 Å². The maximum atomic E-state index is 11.9. The largest absolute Gasteiger partial charge is 0.356 e. The number of amides is 1. The molecule has 0 aliphatic heterocycles. The number of carbonyl (C=O) groups is 1. The van der Waals surface area contributed by atoms with Gasteiger partial charge in [0, 0.05) is 24.0 Å². The first-order valence-corrected chi connectivity index (χ1v) is 8.99. The third-order valence-electron chi connectivity index (χ3n) is 2.64. The van der Waals surface area contributed by atoms with E-state index >= 15 is 0 Å². The van der Waals surface area contributed by atoms with Gasteiger partial charge >= 0.3 is 0 Å². The number of benzene rings is 1. The van der Waals surface area contributed by atoms with E-state index in [0.29, 0.717) is 16.7 Å². The highest BCUT2D eigenvalue weighted by Crippen LogP contribution is 2.27. The first-order chi connectivity index (χ1) is 9.36. The molecule has 0 aromatic heterocycles. The van der Waals surface area contributed by atoms with E-state index in [0.717, 1.165) is 12.7 Å². The van der Waals surface area contributed by atoms with Crippen LogP contribution in [0.2, 0.25) is 0 Å². The zero-order valence-corrected chi connectivity index (χ0v) is 14.0. The molecule has 0 atom stereocenters. The number of sulfonamides is 1. The summed E-state index contributed by atoms with van der Waals surface area (Å²) in [6, 6.07) is 7.04. The van der Waals surface area contributed by atoms with Gasteiger partial charge in [-0.05, 0) is 34.5 Å². The molecule has 5 nitrogen and oxygen atoms in total. The van der Waals surface area contributed by atoms with E-state index in [1.165, 1.54) is 4.31 Å². The number of nitrogens with zero attached hydrogens (tertiary/aromatic N) is 1. The standard InChI is InChI=1S/C13H19BrN2O3S/c1-3-9-15-13(17)8-10-16(20(2,18)19)12-7-5-4-6-11(12)14/h4-7H,3,8-10H2,1-2H3,(H,15,17). The first kappa shape index (κ1) is 17.0. The van der Waals surface area contributed by atoms with Crippen LogP contribution in [-0.2, 0) is 14.8 Å². The van der Waals surface area contributed by atoms with Crippen LogP contribution in [0.5, 0.6) is 0 Å². The molecule has 112 valence electrons. The van der Waals surface area contributed by atoms with Crippen LogP contribution >= 0.6 is 15.9 Å². The summed E-state index contributed by atoms with van der Waals surface area (Å²) in [5, 5.41) is 2.73. The molecule has 1 aromatic rings. The van der Waals surface area contributed by atoms with Crippen molar-refractivity contribution >= 4 is 37.5 Å². The zero-order valence-electron chi connectivity index (χ0n) is 11.6. The van der Waals surface area contributed by atoms with Gasteiger partial charge in [-0.3, -0.25) is 9.10 Å². The van der Waals surface area contributed by atoms with Crippen LogP contribution < -0.4 is 9.62 Å². The Bertz CT molecular complexity index is 560. The molecular formula is C13H19BrN2O3S. The fourth-order valence-electron chi connectivity index (χ4n) is 1.67. The molecule has 0 fully saturated rings. The minimum absolute atomic E-state index is 0.122. The molecule has 0 heterocycles. The maximum absolute atomic E-state index is 11.9. The minimum atomic E-state index is -3.43. The number of halogens is 1. The van der Waals surface area contributed by atoms with E-state index in [2.05, 4.69) is 21.2 Å². The van der Waals surface area contributed by atoms with Crippen LogP contribution in [0, 0.1) is 0 Å². The summed E-state index contributed by atoms with van der Waals surface area (Å²) in [5.74, 6) is -0.146. The SMILES string of the molecule is CCCNC(=O)CCN(c1ccccc1Br)S(C)(=O)=O. The molecule has 0 spiro atoms. The predicted octanol–water partition coefficient (Wildman–Crippen LogP) is 2.13. The lowest BCUT2D eigenvalue weighted by atomic mass is 10.3. The molecule has 0 bridgehead atoms. The first-order valence-electron chi connectivity index (χ1n) is 6.35. The lowest BCUT2D eigenvalue weighted by molar-refractivity contribution is -0.120. The molecular weight excluding hydrogens is 344 g/mol. The number of anilines is 1. The molecule has 1 amide bonds. The molecule has 1 aromatic carbocycles. The van der Waals surface area contributed by atoms with Crippen molar-refractivity contribution in [1.82, 2.24) is 5.32 Å². The van der Waals surface area contributed by atoms with Gasteiger partial charge in [0.2, 0.25) is 15.9 Å². The highest BCUT2D eigenvalue weighted by molar-refractivity contribution is 9.10. The van der Waals surface area contributed by atoms with Crippen LogP contribution in [-0.4, -0.2) is 33.7 Å². The summed E-state index contributed by atoms with van der Waals surface area (Å²) in [6.07, 6.45) is 2.12. The lowest BCUT2D eigenvalue weighted by Crippen LogP contribution is -2.35. The van der Waals surface area contributed by atoms with Gasteiger partial charge < -0.3 is 5.32 Å². The second-order valence-electron chi connectivity index (χ2n) is 4.39. The number of nitrogens with one attached hydrogen (secondary N) is 1. The lowest BCUT2D eigenvalue weighted by Gasteiger charge is -2.23. The molecule has 0 saturated heterocycles. The summed E-state index contributed by atoms with van der Waals surface area (Å²) < 4.78 is 25.7. The van der Waals surface area contributed by atoms with E-state index in [-0.39, 0.29) is 18.9 Å². The van der Waals surface area contributed by atoms with Crippen molar-refractivity contribution in [3.05, 3.63) is 28.7 Å². The third kappa shape index (κ3) is 5.13. The van der Waals surface area contributed by atoms with E-state index in [9.17, 15) is 13.2 Å². The Kier molecular flexibility index (Phi) is 6.48. The van der Waals surface area contributed by atoms with E-state index in [1.807, 2.05) is 13.0 Å². The van der Waals surface area contributed by atoms with Gasteiger partial charge in [0.1, 0.15) is 0 Å². The van der Waals surface area contributed by atoms with Gasteiger partial charge in [0.05, 0.1) is 11.9 Å². The fourth-order valence-corrected chi connectivity index (χ4v) is 3.23. The Morgan fingerprint density at radius 3 is 2.55 bits per heavy atom. The van der Waals surface area contributed by atoms with Crippen molar-refractivity contribution in [2.75, 3.05) is 23.7 Å². The van der Waals surface area contributed by atoms with E-state index in [4.69, 9.17) is 0 Å². The van der Waals surface area contributed by atoms with Gasteiger partial charge in [0.25, 0.3) is 0 Å². The van der Waals surface area contributed by atoms with Crippen LogP contribution in [0.3, 0.4) is 0 Å². The van der Waals surface area contributed by atoms with Gasteiger partial charge in [-0.15, -0.1) is 0 Å². The molecule has 1 rings (SSSR count). The van der Waals surface area contributed by atoms with E-state index < -0.39 is 10.0 Å². The Hall–Kier alpha value is -1.08. The quantitative estimate of drug-likeness (QED) is 0.807. The van der Waals surface area contributed by atoms with Crippen LogP contribution in [0.4, 0.5) is 5.69 Å². The Labute approximate surface area is 128 Å². The van der Waals surface area contributed by atoms with Crippen LogP contribution in [0.15, 0.2) is 28.7 Å². The van der Waals surface area contributed by atoms with Crippen molar-refractivity contribution in [3.8, 4) is 0 Å². The third-order valence-corrected chi connectivity index (χ3v) is 4.49. The second kappa shape index (κ2) is 7.64. The average Bonchev–Trinajstić information content (AvgIpc) is 2.37. The number of rotatable bonds is 7. The summed E-state index contributed by atoms with van der Waals surface area (Å²) in [7, 11) is -3.43. The van der Waals surface area contributed by atoms with Crippen molar-refractivity contribution in [3.63, 3.8) is 0 Å². The fraction of sp³-hybridized carbons (Fsp3) is 0.462. The van der Waals surface area contributed by atoms with Gasteiger partial charge in [0.15, 0.2) is 0 Å². The highest BCUT2D eigenvalue weighted by Gasteiger charge is 2.20. The number of para-hydroxylation sites is 1. The van der Waals surface area contributed by atoms with Crippen molar-refractivity contribution < 1.29 is 13.2 Å². The molecule has 0 aliphatic carbocycles. The summed E-state index contributed by atoms with van der Waals surface area (Å²) >= 11 is 3.33. The normalized spacial score (nSPS) is 11.2. The van der Waals surface area contributed by atoms with Gasteiger partial charge in [-0.25, -0.2) is 8.42 Å². The molecule has 0 saturated carbocycles.